The molecule has 83 valence electrons. The lowest BCUT2D eigenvalue weighted by Crippen LogP contribution is -2.05. The van der Waals surface area contributed by atoms with Crippen LogP contribution < -0.4 is 0 Å². The van der Waals surface area contributed by atoms with Gasteiger partial charge in [0.2, 0.25) is 0 Å². The Bertz CT molecular complexity index is 608. The topological polar surface area (TPSA) is 59.9 Å². The average Bonchev–Trinajstić information content (AvgIpc) is 2.25. The number of sulfone groups is 1. The second-order valence-electron chi connectivity index (χ2n) is 3.55. The Kier molecular flexibility index (Phi) is 2.87. The summed E-state index contributed by atoms with van der Waals surface area (Å²) in [6.45, 7) is 0. The highest BCUT2D eigenvalue weighted by molar-refractivity contribution is 7.92. The summed E-state index contributed by atoms with van der Waals surface area (Å²) in [5.74, 6) is 0.0000201. The molecule has 0 N–H and O–H groups in total. The molecular formula is C11H11N2O2S. The van der Waals surface area contributed by atoms with Gasteiger partial charge in [0.15, 0.2) is 9.84 Å². The lowest BCUT2D eigenvalue weighted by atomic mass is 10.3. The Labute approximate surface area is 94.3 Å². The first-order valence-electron chi connectivity index (χ1n) is 4.81. The summed E-state index contributed by atoms with van der Waals surface area (Å²) in [7, 11) is -3.19. The average molecular weight is 235 g/mol. The van der Waals surface area contributed by atoms with Gasteiger partial charge in [0.1, 0.15) is 0 Å². The van der Waals surface area contributed by atoms with Crippen LogP contribution in [0.3, 0.4) is 0 Å². The minimum absolute atomic E-state index is 0.0000201. The zero-order valence-corrected chi connectivity index (χ0v) is 9.44. The molecule has 1 aromatic carbocycles. The van der Waals surface area contributed by atoms with Gasteiger partial charge in [-0.15, -0.1) is 0 Å². The lowest BCUT2D eigenvalue weighted by molar-refractivity contribution is 0.603. The number of hydrogen-bond donors (Lipinski definition) is 0. The highest BCUT2D eigenvalue weighted by atomic mass is 32.2. The molecule has 0 saturated heterocycles. The van der Waals surface area contributed by atoms with E-state index in [9.17, 15) is 8.42 Å². The maximum Gasteiger partial charge on any atom is 0.151 e. The zero-order valence-electron chi connectivity index (χ0n) is 8.63. The molecule has 0 bridgehead atoms. The molecule has 5 heteroatoms. The van der Waals surface area contributed by atoms with Crippen molar-refractivity contribution in [2.24, 2.45) is 0 Å². The maximum atomic E-state index is 10.9. The summed E-state index contributed by atoms with van der Waals surface area (Å²) in [5, 5.41) is 0. The van der Waals surface area contributed by atoms with Crippen LogP contribution in [-0.2, 0) is 16.3 Å². The smallest absolute Gasteiger partial charge is 0.151 e. The molecule has 0 spiro atoms. The van der Waals surface area contributed by atoms with Gasteiger partial charge in [-0.25, -0.2) is 13.4 Å². The van der Waals surface area contributed by atoms with E-state index in [0.717, 1.165) is 11.0 Å². The van der Waals surface area contributed by atoms with Crippen molar-refractivity contribution in [3.05, 3.63) is 42.4 Å². The molecular weight excluding hydrogens is 224 g/mol. The van der Waals surface area contributed by atoms with Gasteiger partial charge >= 0.3 is 0 Å². The second-order valence-corrected chi connectivity index (χ2v) is 5.44. The van der Waals surface area contributed by atoms with Gasteiger partial charge in [0.05, 0.1) is 28.7 Å². The van der Waals surface area contributed by atoms with Crippen molar-refractivity contribution in [2.45, 2.75) is 6.42 Å². The van der Waals surface area contributed by atoms with Crippen molar-refractivity contribution >= 4 is 20.9 Å². The number of nitrogens with zero attached hydrogens (tertiary/aromatic N) is 2. The Hall–Kier alpha value is -1.49. The van der Waals surface area contributed by atoms with Gasteiger partial charge in [-0.3, -0.25) is 4.98 Å². The Morgan fingerprint density at radius 1 is 1.19 bits per heavy atom. The normalized spacial score (nSPS) is 11.8. The van der Waals surface area contributed by atoms with Gasteiger partial charge in [0, 0.05) is 12.6 Å². The van der Waals surface area contributed by atoms with Gasteiger partial charge in [-0.2, -0.15) is 0 Å². The number of benzene rings is 1. The number of rotatable bonds is 3. The SMILES string of the molecule is [CH2]S(=O)(=O)CCc1cnc2ccccc2n1. The second kappa shape index (κ2) is 4.17. The monoisotopic (exact) mass is 235 g/mol. The molecule has 16 heavy (non-hydrogen) atoms. The van der Waals surface area contributed by atoms with E-state index < -0.39 is 9.84 Å². The summed E-state index contributed by atoms with van der Waals surface area (Å²) in [6, 6.07) is 7.48. The first-order chi connectivity index (χ1) is 7.54. The Morgan fingerprint density at radius 2 is 1.88 bits per heavy atom. The quantitative estimate of drug-likeness (QED) is 0.806. The van der Waals surface area contributed by atoms with Crippen molar-refractivity contribution in [1.29, 1.82) is 0 Å². The number of hydrogen-bond acceptors (Lipinski definition) is 4. The van der Waals surface area contributed by atoms with Crippen LogP contribution in [-0.4, -0.2) is 24.1 Å². The molecule has 0 aliphatic heterocycles. The van der Waals surface area contributed by atoms with Gasteiger partial charge in [0.25, 0.3) is 0 Å². The number of para-hydroxylation sites is 2. The van der Waals surface area contributed by atoms with Crippen molar-refractivity contribution in [1.82, 2.24) is 9.97 Å². The fourth-order valence-electron chi connectivity index (χ4n) is 1.38. The summed E-state index contributed by atoms with van der Waals surface area (Å²) >= 11 is 0. The molecule has 2 aromatic rings. The van der Waals surface area contributed by atoms with E-state index >= 15 is 0 Å². The summed E-state index contributed by atoms with van der Waals surface area (Å²) in [6.07, 6.45) is 5.03. The van der Waals surface area contributed by atoms with Crippen LogP contribution in [0.4, 0.5) is 0 Å². The van der Waals surface area contributed by atoms with Gasteiger partial charge in [-0.1, -0.05) is 12.1 Å². The van der Waals surface area contributed by atoms with E-state index in [2.05, 4.69) is 16.2 Å². The molecule has 2 rings (SSSR count). The lowest BCUT2D eigenvalue weighted by Gasteiger charge is -2.01. The Morgan fingerprint density at radius 3 is 2.56 bits per heavy atom. The third-order valence-corrected chi connectivity index (χ3v) is 2.99. The summed E-state index contributed by atoms with van der Waals surface area (Å²) in [4.78, 5) is 8.53. The third-order valence-electron chi connectivity index (χ3n) is 2.17. The number of aromatic nitrogens is 2. The fourth-order valence-corrected chi connectivity index (χ4v) is 1.90. The third kappa shape index (κ3) is 2.76. The minimum atomic E-state index is -3.19. The predicted molar refractivity (Wildman–Crippen MR) is 62.4 cm³/mol. The summed E-state index contributed by atoms with van der Waals surface area (Å²) in [5.41, 5.74) is 2.26. The van der Waals surface area contributed by atoms with Crippen LogP contribution in [0.5, 0.6) is 0 Å². The van der Waals surface area contributed by atoms with E-state index in [1.807, 2.05) is 24.3 Å². The fraction of sp³-hybridized carbons (Fsp3) is 0.182. The number of aryl methyl sites for hydroxylation is 1. The van der Waals surface area contributed by atoms with Gasteiger partial charge < -0.3 is 0 Å². The molecule has 0 unspecified atom stereocenters. The maximum absolute atomic E-state index is 10.9. The molecule has 0 atom stereocenters. The summed E-state index contributed by atoms with van der Waals surface area (Å²) < 4.78 is 21.8. The van der Waals surface area contributed by atoms with Crippen molar-refractivity contribution in [2.75, 3.05) is 5.75 Å². The number of fused-ring (bicyclic) bond motifs is 1. The largest absolute Gasteiger partial charge is 0.253 e. The molecule has 0 aliphatic rings. The molecule has 0 fully saturated rings. The standard InChI is InChI=1S/C11H11N2O2S/c1-16(14,15)7-6-9-8-12-10-4-2-3-5-11(10)13-9/h2-5,8H,1,6-7H2. The molecule has 0 aliphatic carbocycles. The van der Waals surface area contributed by atoms with Crippen LogP contribution in [0, 0.1) is 6.26 Å². The van der Waals surface area contributed by atoms with E-state index in [0.29, 0.717) is 12.1 Å². The van der Waals surface area contributed by atoms with Crippen LogP contribution in [0.15, 0.2) is 30.5 Å². The molecule has 1 radical (unpaired) electrons. The highest BCUT2D eigenvalue weighted by Crippen LogP contribution is 2.09. The molecule has 0 amide bonds. The van der Waals surface area contributed by atoms with Crippen LogP contribution in [0.1, 0.15) is 5.69 Å². The van der Waals surface area contributed by atoms with E-state index in [1.54, 1.807) is 6.20 Å². The van der Waals surface area contributed by atoms with Gasteiger partial charge in [-0.05, 0) is 12.1 Å². The first kappa shape index (κ1) is 11.0. The van der Waals surface area contributed by atoms with Crippen LogP contribution in [0.2, 0.25) is 0 Å². The molecule has 1 aromatic heterocycles. The minimum Gasteiger partial charge on any atom is -0.253 e. The van der Waals surface area contributed by atoms with Crippen molar-refractivity contribution in [3.8, 4) is 0 Å². The van der Waals surface area contributed by atoms with Crippen LogP contribution >= 0.6 is 0 Å². The van der Waals surface area contributed by atoms with Crippen molar-refractivity contribution in [3.63, 3.8) is 0 Å². The first-order valence-corrected chi connectivity index (χ1v) is 6.63. The van der Waals surface area contributed by atoms with Crippen molar-refractivity contribution < 1.29 is 8.42 Å². The van der Waals surface area contributed by atoms with E-state index in [4.69, 9.17) is 0 Å². The molecule has 0 saturated carbocycles. The molecule has 1 heterocycles. The Balaban J connectivity index is 2.26. The zero-order chi connectivity index (χ0) is 11.6. The predicted octanol–water partition coefficient (Wildman–Crippen LogP) is 1.38. The highest BCUT2D eigenvalue weighted by Gasteiger charge is 2.05. The van der Waals surface area contributed by atoms with E-state index in [1.165, 1.54) is 0 Å². The molecule has 4 nitrogen and oxygen atoms in total. The van der Waals surface area contributed by atoms with Crippen LogP contribution in [0.25, 0.3) is 11.0 Å². The van der Waals surface area contributed by atoms with E-state index in [-0.39, 0.29) is 5.75 Å².